The molecule has 0 radical (unpaired) electrons. The highest BCUT2D eigenvalue weighted by molar-refractivity contribution is 5.31. The number of ether oxygens (including phenoxy) is 1. The lowest BCUT2D eigenvalue weighted by Gasteiger charge is -2.38. The van der Waals surface area contributed by atoms with Crippen LogP contribution in [-0.2, 0) is 6.42 Å². The van der Waals surface area contributed by atoms with E-state index >= 15 is 0 Å². The van der Waals surface area contributed by atoms with E-state index in [4.69, 9.17) is 10.5 Å². The molecule has 1 heterocycles. The van der Waals surface area contributed by atoms with E-state index in [-0.39, 0.29) is 5.54 Å². The van der Waals surface area contributed by atoms with Crippen molar-refractivity contribution in [2.45, 2.75) is 57.9 Å². The van der Waals surface area contributed by atoms with Gasteiger partial charge in [0, 0.05) is 11.7 Å². The third kappa shape index (κ3) is 3.22. The molecular formula is C15H24N2O. The van der Waals surface area contributed by atoms with Crippen molar-refractivity contribution in [3.8, 4) is 5.75 Å². The summed E-state index contributed by atoms with van der Waals surface area (Å²) in [7, 11) is 0. The van der Waals surface area contributed by atoms with Crippen molar-refractivity contribution in [3.63, 3.8) is 0 Å². The van der Waals surface area contributed by atoms with Gasteiger partial charge >= 0.3 is 0 Å². The number of nitrogens with two attached hydrogens (primary N) is 1. The Morgan fingerprint density at radius 1 is 1.44 bits per heavy atom. The second kappa shape index (κ2) is 5.70. The topological polar surface area (TPSA) is 48.1 Å². The van der Waals surface area contributed by atoms with Crippen LogP contribution in [0, 0.1) is 6.92 Å². The van der Waals surface area contributed by atoms with Gasteiger partial charge in [-0.25, -0.2) is 0 Å². The summed E-state index contributed by atoms with van der Waals surface area (Å²) in [5.41, 5.74) is 8.46. The van der Waals surface area contributed by atoms with Crippen molar-refractivity contribution in [2.75, 3.05) is 6.61 Å². The molecule has 0 atom stereocenters. The zero-order chi connectivity index (χ0) is 13.0. The van der Waals surface area contributed by atoms with Crippen LogP contribution in [0.5, 0.6) is 5.75 Å². The van der Waals surface area contributed by atoms with Crippen LogP contribution >= 0.6 is 0 Å². The molecule has 0 saturated heterocycles. The summed E-state index contributed by atoms with van der Waals surface area (Å²) in [6, 6.07) is 2.12. The molecule has 0 spiro atoms. The molecule has 3 heteroatoms. The quantitative estimate of drug-likeness (QED) is 0.787. The minimum absolute atomic E-state index is 0.0115. The highest BCUT2D eigenvalue weighted by Gasteiger charge is 2.32. The van der Waals surface area contributed by atoms with Crippen molar-refractivity contribution in [1.29, 1.82) is 0 Å². The average molecular weight is 248 g/mol. The smallest absolute Gasteiger partial charge is 0.140 e. The Balaban J connectivity index is 2.01. The zero-order valence-corrected chi connectivity index (χ0v) is 11.5. The molecule has 0 aliphatic heterocycles. The van der Waals surface area contributed by atoms with E-state index in [1.54, 1.807) is 0 Å². The fraction of sp³-hybridized carbons (Fsp3) is 0.667. The van der Waals surface area contributed by atoms with Gasteiger partial charge in [-0.2, -0.15) is 0 Å². The van der Waals surface area contributed by atoms with Crippen LogP contribution in [0.25, 0.3) is 0 Å². The largest absolute Gasteiger partial charge is 0.492 e. The summed E-state index contributed by atoms with van der Waals surface area (Å²) < 4.78 is 5.78. The van der Waals surface area contributed by atoms with E-state index in [2.05, 4.69) is 18.0 Å². The molecule has 1 fully saturated rings. The monoisotopic (exact) mass is 248 g/mol. The number of unbranched alkanes of at least 4 members (excludes halogenated alkanes) is 1. The summed E-state index contributed by atoms with van der Waals surface area (Å²) in [5, 5.41) is 0. The molecule has 0 bridgehead atoms. The van der Waals surface area contributed by atoms with Gasteiger partial charge in [0.1, 0.15) is 5.75 Å². The summed E-state index contributed by atoms with van der Waals surface area (Å²) in [6.45, 7) is 4.93. The van der Waals surface area contributed by atoms with E-state index in [0.717, 1.165) is 50.2 Å². The Bertz CT molecular complexity index is 399. The minimum Gasteiger partial charge on any atom is -0.492 e. The fourth-order valence-electron chi connectivity index (χ4n) is 2.34. The van der Waals surface area contributed by atoms with Crippen LogP contribution in [0.15, 0.2) is 12.3 Å². The maximum absolute atomic E-state index is 6.28. The Morgan fingerprint density at radius 3 is 2.83 bits per heavy atom. The summed E-state index contributed by atoms with van der Waals surface area (Å²) in [4.78, 5) is 4.42. The van der Waals surface area contributed by atoms with E-state index in [1.165, 1.54) is 12.0 Å². The molecule has 3 nitrogen and oxygen atoms in total. The van der Waals surface area contributed by atoms with E-state index < -0.39 is 0 Å². The number of hydrogen-bond donors (Lipinski definition) is 1. The molecule has 1 aromatic heterocycles. The predicted molar refractivity (Wildman–Crippen MR) is 73.9 cm³/mol. The first kappa shape index (κ1) is 13.3. The molecule has 0 aromatic carbocycles. The van der Waals surface area contributed by atoms with Crippen LogP contribution in [0.3, 0.4) is 0 Å². The molecule has 2 N–H and O–H groups in total. The van der Waals surface area contributed by atoms with Crippen LogP contribution in [-0.4, -0.2) is 17.1 Å². The van der Waals surface area contributed by atoms with Gasteiger partial charge in [0.2, 0.25) is 0 Å². The Hall–Kier alpha value is -1.09. The number of aryl methyl sites for hydroxylation is 1. The maximum Gasteiger partial charge on any atom is 0.140 e. The normalized spacial score (nSPS) is 17.3. The van der Waals surface area contributed by atoms with Crippen molar-refractivity contribution in [2.24, 2.45) is 5.73 Å². The number of nitrogens with zero attached hydrogens (tertiary/aromatic N) is 1. The standard InChI is InChI=1S/C15H24N2O/c1-3-4-8-18-14-9-13(11-17-12(14)2)10-15(16)6-5-7-15/h9,11H,3-8,10,16H2,1-2H3. The molecule has 0 unspecified atom stereocenters. The second-order valence-electron chi connectivity index (χ2n) is 5.52. The summed E-state index contributed by atoms with van der Waals surface area (Å²) in [6.07, 6.45) is 8.62. The van der Waals surface area contributed by atoms with Gasteiger partial charge in [-0.3, -0.25) is 4.98 Å². The first-order valence-corrected chi connectivity index (χ1v) is 7.00. The highest BCUT2D eigenvalue weighted by Crippen LogP contribution is 2.33. The van der Waals surface area contributed by atoms with Crippen molar-refractivity contribution >= 4 is 0 Å². The number of pyridine rings is 1. The fourth-order valence-corrected chi connectivity index (χ4v) is 2.34. The Labute approximate surface area is 110 Å². The minimum atomic E-state index is 0.0115. The van der Waals surface area contributed by atoms with Gasteiger partial charge in [-0.1, -0.05) is 13.3 Å². The van der Waals surface area contributed by atoms with Crippen molar-refractivity contribution < 1.29 is 4.74 Å². The van der Waals surface area contributed by atoms with Crippen LogP contribution in [0.1, 0.15) is 50.3 Å². The predicted octanol–water partition coefficient (Wildman–Crippen LogP) is 2.99. The van der Waals surface area contributed by atoms with Crippen LogP contribution < -0.4 is 10.5 Å². The number of aromatic nitrogens is 1. The van der Waals surface area contributed by atoms with Gasteiger partial charge in [0.15, 0.2) is 0 Å². The first-order chi connectivity index (χ1) is 8.63. The van der Waals surface area contributed by atoms with E-state index in [0.29, 0.717) is 0 Å². The maximum atomic E-state index is 6.28. The summed E-state index contributed by atoms with van der Waals surface area (Å²) >= 11 is 0. The first-order valence-electron chi connectivity index (χ1n) is 7.00. The van der Waals surface area contributed by atoms with Gasteiger partial charge in [0.05, 0.1) is 12.3 Å². The third-order valence-corrected chi connectivity index (χ3v) is 3.76. The van der Waals surface area contributed by atoms with Gasteiger partial charge in [-0.15, -0.1) is 0 Å². The Morgan fingerprint density at radius 2 is 2.22 bits per heavy atom. The average Bonchev–Trinajstić information content (AvgIpc) is 2.31. The van der Waals surface area contributed by atoms with E-state index in [9.17, 15) is 0 Å². The van der Waals surface area contributed by atoms with Crippen molar-refractivity contribution in [3.05, 3.63) is 23.5 Å². The zero-order valence-electron chi connectivity index (χ0n) is 11.5. The lowest BCUT2D eigenvalue weighted by molar-refractivity contribution is 0.246. The molecule has 1 aromatic rings. The van der Waals surface area contributed by atoms with Gasteiger partial charge in [-0.05, 0) is 50.7 Å². The third-order valence-electron chi connectivity index (χ3n) is 3.76. The number of rotatable bonds is 6. The van der Waals surface area contributed by atoms with Crippen LogP contribution in [0.4, 0.5) is 0 Å². The Kier molecular flexibility index (Phi) is 4.23. The molecule has 1 aliphatic rings. The molecule has 100 valence electrons. The van der Waals surface area contributed by atoms with Gasteiger partial charge < -0.3 is 10.5 Å². The molecular weight excluding hydrogens is 224 g/mol. The molecule has 18 heavy (non-hydrogen) atoms. The highest BCUT2D eigenvalue weighted by atomic mass is 16.5. The SMILES string of the molecule is CCCCOc1cc(CC2(N)CCC2)cnc1C. The molecule has 1 aliphatic carbocycles. The van der Waals surface area contributed by atoms with E-state index in [1.807, 2.05) is 13.1 Å². The lowest BCUT2D eigenvalue weighted by atomic mass is 9.74. The molecule has 1 saturated carbocycles. The van der Waals surface area contributed by atoms with Crippen molar-refractivity contribution in [1.82, 2.24) is 4.98 Å². The van der Waals surface area contributed by atoms with Crippen LogP contribution in [0.2, 0.25) is 0 Å². The second-order valence-corrected chi connectivity index (χ2v) is 5.52. The molecule has 2 rings (SSSR count). The molecule has 0 amide bonds. The van der Waals surface area contributed by atoms with Gasteiger partial charge in [0.25, 0.3) is 0 Å². The summed E-state index contributed by atoms with van der Waals surface area (Å²) in [5.74, 6) is 0.920. The number of hydrogen-bond acceptors (Lipinski definition) is 3. The lowest BCUT2D eigenvalue weighted by Crippen LogP contribution is -2.48.